The van der Waals surface area contributed by atoms with E-state index < -0.39 is 5.82 Å². The van der Waals surface area contributed by atoms with Crippen LogP contribution >= 0.6 is 0 Å². The Morgan fingerprint density at radius 3 is 2.75 bits per heavy atom. The van der Waals surface area contributed by atoms with Crippen LogP contribution in [0.25, 0.3) is 0 Å². The Balaban J connectivity index is 1.52. The monoisotopic (exact) mass is 329 g/mol. The zero-order valence-electron chi connectivity index (χ0n) is 13.4. The Hall–Kier alpha value is -2.34. The van der Waals surface area contributed by atoms with E-state index in [2.05, 4.69) is 14.9 Å². The lowest BCUT2D eigenvalue weighted by Crippen LogP contribution is -2.35. The van der Waals surface area contributed by atoms with Gasteiger partial charge in [-0.3, -0.25) is 19.5 Å². The summed E-state index contributed by atoms with van der Waals surface area (Å²) in [4.78, 5) is 32.8. The minimum absolute atomic E-state index is 0.132. The molecule has 1 saturated heterocycles. The van der Waals surface area contributed by atoms with Gasteiger partial charge in [-0.2, -0.15) is 0 Å². The number of benzene rings is 1. The Morgan fingerprint density at radius 1 is 1.29 bits per heavy atom. The van der Waals surface area contributed by atoms with E-state index in [1.807, 2.05) is 0 Å². The molecule has 1 N–H and O–H groups in total. The van der Waals surface area contributed by atoms with E-state index in [-0.39, 0.29) is 22.8 Å². The number of carbonyl (C=O) groups is 1. The number of rotatable bonds is 5. The average molecular weight is 329 g/mol. The van der Waals surface area contributed by atoms with Crippen LogP contribution in [0.15, 0.2) is 41.5 Å². The van der Waals surface area contributed by atoms with Crippen molar-refractivity contribution in [1.29, 1.82) is 0 Å². The fourth-order valence-corrected chi connectivity index (χ4v) is 3.11. The van der Waals surface area contributed by atoms with Gasteiger partial charge in [-0.15, -0.1) is 0 Å². The Kier molecular flexibility index (Phi) is 5.15. The van der Waals surface area contributed by atoms with Gasteiger partial charge in [0.15, 0.2) is 5.78 Å². The number of Topliss-reactive ketones (excluding diaryl/α,β-unsaturated/α-hetero) is 1. The van der Waals surface area contributed by atoms with E-state index >= 15 is 0 Å². The first-order chi connectivity index (χ1) is 11.6. The molecule has 1 aliphatic heterocycles. The standard InChI is InChI=1S/C18H20FN3O2/c19-15-4-2-1-3-14(15)17(23)11-13-5-9-22(10-6-13)12-16-18(24)21-8-7-20-16/h1-4,7-8,13H,5-6,9-12H2,(H,21,24). The van der Waals surface area contributed by atoms with Crippen molar-refractivity contribution in [2.24, 2.45) is 5.92 Å². The first-order valence-electron chi connectivity index (χ1n) is 8.16. The third-order valence-electron chi connectivity index (χ3n) is 4.51. The number of ketones is 1. The van der Waals surface area contributed by atoms with Crippen molar-refractivity contribution in [3.05, 3.63) is 64.1 Å². The van der Waals surface area contributed by atoms with Crippen molar-refractivity contribution < 1.29 is 9.18 Å². The van der Waals surface area contributed by atoms with Gasteiger partial charge in [-0.05, 0) is 44.0 Å². The van der Waals surface area contributed by atoms with Gasteiger partial charge in [0.05, 0.1) is 5.56 Å². The Labute approximate surface area is 139 Å². The number of carbonyl (C=O) groups excluding carboxylic acids is 1. The first kappa shape index (κ1) is 16.5. The van der Waals surface area contributed by atoms with Gasteiger partial charge in [0, 0.05) is 25.4 Å². The lowest BCUT2D eigenvalue weighted by atomic mass is 9.89. The number of aromatic nitrogens is 2. The van der Waals surface area contributed by atoms with Crippen molar-refractivity contribution in [1.82, 2.24) is 14.9 Å². The molecule has 0 bridgehead atoms. The van der Waals surface area contributed by atoms with Gasteiger partial charge in [0.25, 0.3) is 5.56 Å². The molecule has 0 amide bonds. The highest BCUT2D eigenvalue weighted by Crippen LogP contribution is 2.23. The maximum Gasteiger partial charge on any atom is 0.270 e. The summed E-state index contributed by atoms with van der Waals surface area (Å²) in [6.45, 7) is 2.14. The molecule has 24 heavy (non-hydrogen) atoms. The van der Waals surface area contributed by atoms with Gasteiger partial charge in [0.1, 0.15) is 11.5 Å². The maximum absolute atomic E-state index is 13.7. The van der Waals surface area contributed by atoms with Crippen molar-refractivity contribution in [2.45, 2.75) is 25.8 Å². The third kappa shape index (κ3) is 3.94. The summed E-state index contributed by atoms with van der Waals surface area (Å²) >= 11 is 0. The molecular formula is C18H20FN3O2. The summed E-state index contributed by atoms with van der Waals surface area (Å²) in [5.74, 6) is -0.322. The summed E-state index contributed by atoms with van der Waals surface area (Å²) in [7, 11) is 0. The van der Waals surface area contributed by atoms with Crippen LogP contribution in [0.1, 0.15) is 35.3 Å². The van der Waals surface area contributed by atoms with Gasteiger partial charge in [-0.25, -0.2) is 4.39 Å². The van der Waals surface area contributed by atoms with Crippen molar-refractivity contribution in [3.8, 4) is 0 Å². The van der Waals surface area contributed by atoms with Gasteiger partial charge < -0.3 is 4.98 Å². The summed E-state index contributed by atoms with van der Waals surface area (Å²) in [6.07, 6.45) is 5.21. The second-order valence-corrected chi connectivity index (χ2v) is 6.19. The van der Waals surface area contributed by atoms with E-state index in [1.165, 1.54) is 12.3 Å². The summed E-state index contributed by atoms with van der Waals surface area (Å²) in [5, 5.41) is 0. The normalized spacial score (nSPS) is 16.2. The number of hydrogen-bond acceptors (Lipinski definition) is 4. The Morgan fingerprint density at radius 2 is 2.04 bits per heavy atom. The van der Waals surface area contributed by atoms with Crippen LogP contribution in [0.5, 0.6) is 0 Å². The molecule has 126 valence electrons. The second-order valence-electron chi connectivity index (χ2n) is 6.19. The molecule has 0 spiro atoms. The number of nitrogens with one attached hydrogen (secondary N) is 1. The molecule has 0 unspecified atom stereocenters. The summed E-state index contributed by atoms with van der Waals surface area (Å²) in [6, 6.07) is 6.13. The number of H-pyrrole nitrogens is 1. The molecule has 0 saturated carbocycles. The summed E-state index contributed by atoms with van der Waals surface area (Å²) < 4.78 is 13.7. The van der Waals surface area contributed by atoms with E-state index in [9.17, 15) is 14.0 Å². The molecule has 1 aliphatic rings. The third-order valence-corrected chi connectivity index (χ3v) is 4.51. The SMILES string of the molecule is O=C(CC1CCN(Cc2ncc[nH]c2=O)CC1)c1ccccc1F. The molecular weight excluding hydrogens is 309 g/mol. The number of nitrogens with zero attached hydrogens (tertiary/aromatic N) is 2. The smallest absolute Gasteiger partial charge is 0.270 e. The molecule has 0 aliphatic carbocycles. The van der Waals surface area contributed by atoms with Gasteiger partial charge >= 0.3 is 0 Å². The molecule has 1 aromatic heterocycles. The molecule has 1 fully saturated rings. The maximum atomic E-state index is 13.7. The molecule has 6 heteroatoms. The minimum Gasteiger partial charge on any atom is -0.326 e. The number of piperidine rings is 1. The van der Waals surface area contributed by atoms with E-state index in [0.717, 1.165) is 25.9 Å². The topological polar surface area (TPSA) is 66.1 Å². The molecule has 5 nitrogen and oxygen atoms in total. The second kappa shape index (κ2) is 7.49. The van der Waals surface area contributed by atoms with Crippen LogP contribution in [0.3, 0.4) is 0 Å². The minimum atomic E-state index is -0.450. The largest absolute Gasteiger partial charge is 0.326 e. The van der Waals surface area contributed by atoms with Gasteiger partial charge in [0.2, 0.25) is 0 Å². The average Bonchev–Trinajstić information content (AvgIpc) is 2.59. The van der Waals surface area contributed by atoms with Crippen LogP contribution < -0.4 is 5.56 Å². The van der Waals surface area contributed by atoms with E-state index in [1.54, 1.807) is 24.4 Å². The molecule has 1 aromatic carbocycles. The summed E-state index contributed by atoms with van der Waals surface area (Å²) in [5.41, 5.74) is 0.535. The number of likely N-dealkylation sites (tertiary alicyclic amines) is 1. The lowest BCUT2D eigenvalue weighted by Gasteiger charge is -2.31. The number of hydrogen-bond donors (Lipinski definition) is 1. The fraction of sp³-hybridized carbons (Fsp3) is 0.389. The lowest BCUT2D eigenvalue weighted by molar-refractivity contribution is 0.0920. The van der Waals surface area contributed by atoms with Crippen LogP contribution in [0, 0.1) is 11.7 Å². The molecule has 3 rings (SSSR count). The van der Waals surface area contributed by atoms with Crippen LogP contribution in [-0.4, -0.2) is 33.7 Å². The number of aromatic amines is 1. The van der Waals surface area contributed by atoms with Crippen molar-refractivity contribution in [2.75, 3.05) is 13.1 Å². The quantitative estimate of drug-likeness (QED) is 0.856. The zero-order chi connectivity index (χ0) is 16.9. The molecule has 2 heterocycles. The molecule has 0 atom stereocenters. The Bertz CT molecular complexity index is 767. The zero-order valence-corrected chi connectivity index (χ0v) is 13.4. The first-order valence-corrected chi connectivity index (χ1v) is 8.16. The highest BCUT2D eigenvalue weighted by atomic mass is 19.1. The molecule has 0 radical (unpaired) electrons. The van der Waals surface area contributed by atoms with E-state index in [0.29, 0.717) is 18.7 Å². The predicted octanol–water partition coefficient (Wildman–Crippen LogP) is 2.39. The highest BCUT2D eigenvalue weighted by Gasteiger charge is 2.23. The predicted molar refractivity (Wildman–Crippen MR) is 88.2 cm³/mol. The molecule has 2 aromatic rings. The van der Waals surface area contributed by atoms with Crippen molar-refractivity contribution >= 4 is 5.78 Å². The van der Waals surface area contributed by atoms with Crippen LogP contribution in [-0.2, 0) is 6.54 Å². The fourth-order valence-electron chi connectivity index (χ4n) is 3.11. The van der Waals surface area contributed by atoms with Crippen molar-refractivity contribution in [3.63, 3.8) is 0 Å². The number of halogens is 1. The van der Waals surface area contributed by atoms with E-state index in [4.69, 9.17) is 0 Å². The highest BCUT2D eigenvalue weighted by molar-refractivity contribution is 5.96. The van der Waals surface area contributed by atoms with Crippen LogP contribution in [0.2, 0.25) is 0 Å². The van der Waals surface area contributed by atoms with Crippen LogP contribution in [0.4, 0.5) is 4.39 Å². The van der Waals surface area contributed by atoms with Gasteiger partial charge in [-0.1, -0.05) is 12.1 Å².